The first-order valence-corrected chi connectivity index (χ1v) is 19.2. The van der Waals surface area contributed by atoms with Gasteiger partial charge in [-0.3, -0.25) is 9.59 Å². The van der Waals surface area contributed by atoms with E-state index in [4.69, 9.17) is 9.47 Å². The molecular formula is C49H48N2O4. The van der Waals surface area contributed by atoms with E-state index >= 15 is 0 Å². The predicted octanol–water partition coefficient (Wildman–Crippen LogP) is 11.4. The summed E-state index contributed by atoms with van der Waals surface area (Å²) < 4.78 is 11.8. The zero-order valence-electron chi connectivity index (χ0n) is 32.0. The highest BCUT2D eigenvalue weighted by atomic mass is 16.5. The molecular weight excluding hydrogens is 681 g/mol. The summed E-state index contributed by atoms with van der Waals surface area (Å²) in [5.41, 5.74) is 8.67. The van der Waals surface area contributed by atoms with Crippen molar-refractivity contribution in [3.63, 3.8) is 0 Å². The van der Waals surface area contributed by atoms with E-state index < -0.39 is 5.41 Å². The summed E-state index contributed by atoms with van der Waals surface area (Å²) in [6.07, 6.45) is 1.90. The van der Waals surface area contributed by atoms with Crippen molar-refractivity contribution in [2.75, 3.05) is 23.8 Å². The average molecular weight is 729 g/mol. The Kier molecular flexibility index (Phi) is 11.1. The largest absolute Gasteiger partial charge is 0.494 e. The van der Waals surface area contributed by atoms with Crippen molar-refractivity contribution in [3.8, 4) is 22.6 Å². The molecule has 6 aromatic carbocycles. The van der Waals surface area contributed by atoms with E-state index in [-0.39, 0.29) is 11.8 Å². The van der Waals surface area contributed by atoms with E-state index in [0.29, 0.717) is 59.1 Å². The Morgan fingerprint density at radius 3 is 1.31 bits per heavy atom. The number of rotatable bonds is 14. The molecule has 0 saturated heterocycles. The van der Waals surface area contributed by atoms with Crippen LogP contribution < -0.4 is 20.1 Å². The van der Waals surface area contributed by atoms with Gasteiger partial charge in [0, 0.05) is 22.5 Å². The second-order valence-electron chi connectivity index (χ2n) is 15.0. The summed E-state index contributed by atoms with van der Waals surface area (Å²) in [4.78, 5) is 26.8. The maximum atomic E-state index is 13.4. The minimum Gasteiger partial charge on any atom is -0.494 e. The van der Waals surface area contributed by atoms with Crippen LogP contribution in [0, 0.1) is 11.8 Å². The molecule has 0 bridgehead atoms. The Hall–Kier alpha value is -6.14. The Morgan fingerprint density at radius 1 is 0.509 bits per heavy atom. The van der Waals surface area contributed by atoms with Gasteiger partial charge in [0.1, 0.15) is 11.5 Å². The molecule has 0 saturated carbocycles. The Labute approximate surface area is 324 Å². The minimum absolute atomic E-state index is 0.198. The number of benzene rings is 6. The van der Waals surface area contributed by atoms with Crippen LogP contribution in [0.2, 0.25) is 0 Å². The summed E-state index contributed by atoms with van der Waals surface area (Å²) in [6, 6.07) is 48.0. The zero-order valence-corrected chi connectivity index (χ0v) is 32.0. The maximum absolute atomic E-state index is 13.4. The molecule has 6 nitrogen and oxygen atoms in total. The molecule has 2 N–H and O–H groups in total. The van der Waals surface area contributed by atoms with Crippen LogP contribution in [0.1, 0.15) is 83.5 Å². The smallest absolute Gasteiger partial charge is 0.255 e. The molecule has 0 heterocycles. The molecule has 0 unspecified atom stereocenters. The highest BCUT2D eigenvalue weighted by Crippen LogP contribution is 2.56. The molecule has 278 valence electrons. The van der Waals surface area contributed by atoms with Crippen molar-refractivity contribution < 1.29 is 19.1 Å². The maximum Gasteiger partial charge on any atom is 0.255 e. The SMILES string of the molecule is CC(C)CCOc1cccc(C(=O)Nc2ccc(C3(c4ccc(NC(=O)c5cccc(OCCC(C)C)c5)cc4)c4ccccc4-c4ccccc43)cc2)c1. The second-order valence-corrected chi connectivity index (χ2v) is 15.0. The normalized spacial score (nSPS) is 12.5. The highest BCUT2D eigenvalue weighted by Gasteiger charge is 2.45. The fourth-order valence-electron chi connectivity index (χ4n) is 7.32. The molecule has 7 rings (SSSR count). The quantitative estimate of drug-likeness (QED) is 0.117. The van der Waals surface area contributed by atoms with E-state index in [1.807, 2.05) is 48.5 Å². The van der Waals surface area contributed by atoms with E-state index in [9.17, 15) is 9.59 Å². The zero-order chi connectivity index (χ0) is 38.4. The van der Waals surface area contributed by atoms with E-state index in [0.717, 1.165) is 24.0 Å². The lowest BCUT2D eigenvalue weighted by Gasteiger charge is -2.34. The lowest BCUT2D eigenvalue weighted by Crippen LogP contribution is -2.28. The summed E-state index contributed by atoms with van der Waals surface area (Å²) in [5, 5.41) is 6.16. The van der Waals surface area contributed by atoms with Gasteiger partial charge in [0.2, 0.25) is 0 Å². The van der Waals surface area contributed by atoms with Crippen molar-refractivity contribution in [2.24, 2.45) is 11.8 Å². The van der Waals surface area contributed by atoms with Crippen LogP contribution in [0.4, 0.5) is 11.4 Å². The van der Waals surface area contributed by atoms with Gasteiger partial charge in [-0.2, -0.15) is 0 Å². The van der Waals surface area contributed by atoms with Crippen molar-refractivity contribution in [1.29, 1.82) is 0 Å². The number of anilines is 2. The van der Waals surface area contributed by atoms with Gasteiger partial charge in [-0.15, -0.1) is 0 Å². The molecule has 55 heavy (non-hydrogen) atoms. The summed E-state index contributed by atoms with van der Waals surface area (Å²) in [6.45, 7) is 9.87. The topological polar surface area (TPSA) is 76.7 Å². The Balaban J connectivity index is 1.16. The number of amides is 2. The van der Waals surface area contributed by atoms with Gasteiger partial charge in [0.05, 0.1) is 18.6 Å². The molecule has 1 aliphatic rings. The van der Waals surface area contributed by atoms with Crippen LogP contribution >= 0.6 is 0 Å². The molecule has 0 atom stereocenters. The monoisotopic (exact) mass is 728 g/mol. The molecule has 0 spiro atoms. The minimum atomic E-state index is -0.637. The van der Waals surface area contributed by atoms with Crippen molar-refractivity contribution in [3.05, 3.63) is 179 Å². The van der Waals surface area contributed by atoms with Crippen molar-refractivity contribution >= 4 is 23.2 Å². The highest BCUT2D eigenvalue weighted by molar-refractivity contribution is 6.05. The van der Waals surface area contributed by atoms with Crippen LogP contribution in [-0.4, -0.2) is 25.0 Å². The summed E-state index contributed by atoms with van der Waals surface area (Å²) in [5.74, 6) is 2.06. The molecule has 0 radical (unpaired) electrons. The second kappa shape index (κ2) is 16.5. The molecule has 2 amide bonds. The molecule has 6 aromatic rings. The molecule has 0 fully saturated rings. The summed E-state index contributed by atoms with van der Waals surface area (Å²) in [7, 11) is 0. The van der Waals surface area contributed by atoms with Gasteiger partial charge in [-0.25, -0.2) is 0 Å². The van der Waals surface area contributed by atoms with Crippen LogP contribution in [-0.2, 0) is 5.41 Å². The van der Waals surface area contributed by atoms with Gasteiger partial charge >= 0.3 is 0 Å². The lowest BCUT2D eigenvalue weighted by molar-refractivity contribution is 0.101. The molecule has 0 aliphatic heterocycles. The molecule has 6 heteroatoms. The van der Waals surface area contributed by atoms with Gasteiger partial charge in [-0.05, 0) is 119 Å². The fraction of sp³-hybridized carbons (Fsp3) is 0.224. The van der Waals surface area contributed by atoms with Crippen LogP contribution in [0.15, 0.2) is 146 Å². The van der Waals surface area contributed by atoms with Crippen LogP contribution in [0.3, 0.4) is 0 Å². The third-order valence-electron chi connectivity index (χ3n) is 10.2. The van der Waals surface area contributed by atoms with Crippen molar-refractivity contribution in [1.82, 2.24) is 0 Å². The Bertz CT molecular complexity index is 2110. The van der Waals surface area contributed by atoms with Gasteiger partial charge in [0.15, 0.2) is 0 Å². The van der Waals surface area contributed by atoms with Crippen LogP contribution in [0.25, 0.3) is 11.1 Å². The third-order valence-corrected chi connectivity index (χ3v) is 10.2. The van der Waals surface area contributed by atoms with E-state index in [1.54, 1.807) is 24.3 Å². The number of hydrogen-bond acceptors (Lipinski definition) is 4. The average Bonchev–Trinajstić information content (AvgIpc) is 3.49. The first-order valence-electron chi connectivity index (χ1n) is 19.2. The first kappa shape index (κ1) is 37.2. The lowest BCUT2D eigenvalue weighted by atomic mass is 9.67. The van der Waals surface area contributed by atoms with Gasteiger partial charge in [-0.1, -0.05) is 113 Å². The number of fused-ring (bicyclic) bond motifs is 3. The molecule has 0 aromatic heterocycles. The van der Waals surface area contributed by atoms with Crippen molar-refractivity contribution in [2.45, 2.75) is 46.0 Å². The summed E-state index contributed by atoms with van der Waals surface area (Å²) >= 11 is 0. The number of ether oxygens (including phenoxy) is 2. The van der Waals surface area contributed by atoms with E-state index in [1.165, 1.54) is 22.3 Å². The number of nitrogens with one attached hydrogen (secondary N) is 2. The number of hydrogen-bond donors (Lipinski definition) is 2. The number of carbonyl (C=O) groups excluding carboxylic acids is 2. The van der Waals surface area contributed by atoms with Crippen LogP contribution in [0.5, 0.6) is 11.5 Å². The van der Waals surface area contributed by atoms with E-state index in [2.05, 4.69) is 111 Å². The van der Waals surface area contributed by atoms with Gasteiger partial charge < -0.3 is 20.1 Å². The van der Waals surface area contributed by atoms with Gasteiger partial charge in [0.25, 0.3) is 11.8 Å². The third kappa shape index (κ3) is 8.04. The fourth-order valence-corrected chi connectivity index (χ4v) is 7.32. The first-order chi connectivity index (χ1) is 26.7. The number of carbonyl (C=O) groups is 2. The Morgan fingerprint density at radius 2 is 0.909 bits per heavy atom. The standard InChI is InChI=1S/C49H48N2O4/c1-33(2)27-29-54-41-13-9-11-35(31-41)47(52)50-39-23-19-37(20-24-39)49(45-17-7-5-15-43(45)44-16-6-8-18-46(44)49)38-21-25-40(26-22-38)51-48(53)36-12-10-14-42(32-36)55-30-28-34(3)4/h5-26,31-34H,27-30H2,1-4H3,(H,50,52)(H,51,53). The predicted molar refractivity (Wildman–Crippen MR) is 222 cm³/mol. The molecule has 1 aliphatic carbocycles.